The Morgan fingerprint density at radius 3 is 3.05 bits per heavy atom. The molecular weight excluding hydrogens is 254 g/mol. The molecule has 0 saturated heterocycles. The Labute approximate surface area is 119 Å². The van der Waals surface area contributed by atoms with Crippen molar-refractivity contribution in [3.05, 3.63) is 47.8 Å². The van der Waals surface area contributed by atoms with E-state index in [1.165, 1.54) is 5.56 Å². The summed E-state index contributed by atoms with van der Waals surface area (Å²) in [4.78, 5) is 0. The van der Waals surface area contributed by atoms with Gasteiger partial charge in [-0.2, -0.15) is 5.10 Å². The molecule has 0 bridgehead atoms. The van der Waals surface area contributed by atoms with Crippen LogP contribution in [0.4, 0.5) is 0 Å². The molecule has 2 aromatic rings. The maximum Gasteiger partial charge on any atom is 0.119 e. The minimum absolute atomic E-state index is 0.106. The van der Waals surface area contributed by atoms with E-state index >= 15 is 0 Å². The summed E-state index contributed by atoms with van der Waals surface area (Å²) in [5.74, 6) is 0.868. The van der Waals surface area contributed by atoms with Crippen LogP contribution in [-0.2, 0) is 13.1 Å². The van der Waals surface area contributed by atoms with Gasteiger partial charge in [-0.1, -0.05) is 12.1 Å². The van der Waals surface area contributed by atoms with Gasteiger partial charge in [0.15, 0.2) is 0 Å². The molecule has 2 rings (SSSR count). The molecule has 1 aromatic heterocycles. The van der Waals surface area contributed by atoms with E-state index < -0.39 is 0 Å². The van der Waals surface area contributed by atoms with Gasteiger partial charge >= 0.3 is 0 Å². The van der Waals surface area contributed by atoms with E-state index in [2.05, 4.69) is 23.4 Å². The third kappa shape index (κ3) is 3.82. The van der Waals surface area contributed by atoms with Crippen molar-refractivity contribution in [1.82, 2.24) is 15.1 Å². The second-order valence-corrected chi connectivity index (χ2v) is 4.71. The fourth-order valence-electron chi connectivity index (χ4n) is 2.02. The molecule has 5 heteroatoms. The van der Waals surface area contributed by atoms with Gasteiger partial charge < -0.3 is 15.2 Å². The number of nitrogens with one attached hydrogen (secondary N) is 1. The zero-order valence-corrected chi connectivity index (χ0v) is 11.9. The van der Waals surface area contributed by atoms with Crippen LogP contribution in [-0.4, -0.2) is 28.6 Å². The number of aliphatic hydroxyl groups excluding tert-OH is 1. The highest BCUT2D eigenvalue weighted by Gasteiger charge is 2.06. The van der Waals surface area contributed by atoms with Crippen LogP contribution in [0.5, 0.6) is 5.75 Å². The number of hydrogen-bond donors (Lipinski definition) is 2. The minimum Gasteiger partial charge on any atom is -0.497 e. The number of nitrogens with zero attached hydrogens (tertiary/aromatic N) is 2. The molecule has 0 aliphatic rings. The van der Waals surface area contributed by atoms with Gasteiger partial charge in [0.1, 0.15) is 5.75 Å². The summed E-state index contributed by atoms with van der Waals surface area (Å²) in [5, 5.41) is 16.5. The summed E-state index contributed by atoms with van der Waals surface area (Å²) in [6.45, 7) is 3.50. The summed E-state index contributed by atoms with van der Waals surface area (Å²) < 4.78 is 6.98. The first kappa shape index (κ1) is 14.6. The van der Waals surface area contributed by atoms with Crippen molar-refractivity contribution in [3.63, 3.8) is 0 Å². The topological polar surface area (TPSA) is 59.3 Å². The van der Waals surface area contributed by atoms with Gasteiger partial charge in [-0.15, -0.1) is 0 Å². The van der Waals surface area contributed by atoms with Crippen LogP contribution in [0, 0.1) is 0 Å². The van der Waals surface area contributed by atoms with Gasteiger partial charge in [0.2, 0.25) is 0 Å². The molecule has 1 heterocycles. The van der Waals surface area contributed by atoms with Crippen LogP contribution in [0.2, 0.25) is 0 Å². The highest BCUT2D eigenvalue weighted by atomic mass is 16.5. The number of methoxy groups -OCH3 is 1. The Hall–Kier alpha value is -1.85. The molecule has 20 heavy (non-hydrogen) atoms. The molecular formula is C15H21N3O2. The Kier molecular flexibility index (Phi) is 5.15. The van der Waals surface area contributed by atoms with Crippen LogP contribution in [0.15, 0.2) is 36.7 Å². The molecule has 0 fully saturated rings. The van der Waals surface area contributed by atoms with Crippen LogP contribution >= 0.6 is 0 Å². The zero-order chi connectivity index (χ0) is 14.4. The van der Waals surface area contributed by atoms with Crippen molar-refractivity contribution < 1.29 is 9.84 Å². The quantitative estimate of drug-likeness (QED) is 0.808. The molecule has 2 N–H and O–H groups in total. The molecule has 108 valence electrons. The van der Waals surface area contributed by atoms with Crippen molar-refractivity contribution in [2.24, 2.45) is 0 Å². The largest absolute Gasteiger partial charge is 0.497 e. The van der Waals surface area contributed by atoms with Crippen molar-refractivity contribution >= 4 is 0 Å². The van der Waals surface area contributed by atoms with Gasteiger partial charge in [0, 0.05) is 24.3 Å². The molecule has 1 aromatic carbocycles. The standard InChI is InChI=1S/C15H21N3O2/c1-12(14-4-3-5-15(8-14)20-2)16-9-13-10-17-18(11-13)6-7-19/h3-5,8,10-12,16,19H,6-7,9H2,1-2H3/t12-/m0/s1. The second kappa shape index (κ2) is 7.07. The lowest BCUT2D eigenvalue weighted by atomic mass is 10.1. The van der Waals surface area contributed by atoms with Gasteiger partial charge in [-0.25, -0.2) is 0 Å². The minimum atomic E-state index is 0.106. The molecule has 0 aliphatic carbocycles. The molecule has 0 amide bonds. The Bertz CT molecular complexity index is 539. The number of aromatic nitrogens is 2. The highest BCUT2D eigenvalue weighted by molar-refractivity contribution is 5.30. The van der Waals surface area contributed by atoms with E-state index in [9.17, 15) is 0 Å². The monoisotopic (exact) mass is 275 g/mol. The van der Waals surface area contributed by atoms with Crippen LogP contribution in [0.1, 0.15) is 24.1 Å². The van der Waals surface area contributed by atoms with E-state index in [1.54, 1.807) is 11.8 Å². The number of aliphatic hydroxyl groups is 1. The summed E-state index contributed by atoms with van der Waals surface area (Å²) >= 11 is 0. The van der Waals surface area contributed by atoms with Crippen LogP contribution in [0.3, 0.4) is 0 Å². The lowest BCUT2D eigenvalue weighted by Gasteiger charge is -2.14. The third-order valence-corrected chi connectivity index (χ3v) is 3.22. The maximum absolute atomic E-state index is 8.86. The molecule has 1 atom stereocenters. The normalized spacial score (nSPS) is 12.3. The van der Waals surface area contributed by atoms with Crippen LogP contribution in [0.25, 0.3) is 0 Å². The first-order chi connectivity index (χ1) is 9.72. The summed E-state index contributed by atoms with van der Waals surface area (Å²) in [6.07, 6.45) is 3.77. The van der Waals surface area contributed by atoms with E-state index in [0.717, 1.165) is 17.9 Å². The van der Waals surface area contributed by atoms with Gasteiger partial charge in [-0.05, 0) is 24.6 Å². The summed E-state index contributed by atoms with van der Waals surface area (Å²) in [7, 11) is 1.67. The Morgan fingerprint density at radius 2 is 2.30 bits per heavy atom. The number of rotatable bonds is 7. The average molecular weight is 275 g/mol. The zero-order valence-electron chi connectivity index (χ0n) is 11.9. The van der Waals surface area contributed by atoms with E-state index in [1.807, 2.05) is 30.6 Å². The first-order valence-corrected chi connectivity index (χ1v) is 6.72. The van der Waals surface area contributed by atoms with E-state index in [0.29, 0.717) is 6.54 Å². The van der Waals surface area contributed by atoms with E-state index in [4.69, 9.17) is 9.84 Å². The van der Waals surface area contributed by atoms with Crippen molar-refractivity contribution in [1.29, 1.82) is 0 Å². The van der Waals surface area contributed by atoms with Gasteiger partial charge in [-0.3, -0.25) is 4.68 Å². The fourth-order valence-corrected chi connectivity index (χ4v) is 2.02. The number of ether oxygens (including phenoxy) is 1. The van der Waals surface area contributed by atoms with Gasteiger partial charge in [0.05, 0.1) is 26.5 Å². The van der Waals surface area contributed by atoms with Crippen molar-refractivity contribution in [3.8, 4) is 5.75 Å². The first-order valence-electron chi connectivity index (χ1n) is 6.72. The molecule has 0 spiro atoms. The van der Waals surface area contributed by atoms with Crippen molar-refractivity contribution in [2.75, 3.05) is 13.7 Å². The van der Waals surface area contributed by atoms with E-state index in [-0.39, 0.29) is 12.6 Å². The SMILES string of the molecule is COc1cccc([C@H](C)NCc2cnn(CCO)c2)c1. The number of benzene rings is 1. The van der Waals surface area contributed by atoms with Gasteiger partial charge in [0.25, 0.3) is 0 Å². The lowest BCUT2D eigenvalue weighted by Crippen LogP contribution is -2.17. The molecule has 0 unspecified atom stereocenters. The highest BCUT2D eigenvalue weighted by Crippen LogP contribution is 2.19. The third-order valence-electron chi connectivity index (χ3n) is 3.22. The molecule has 0 radical (unpaired) electrons. The predicted molar refractivity (Wildman–Crippen MR) is 77.6 cm³/mol. The summed E-state index contributed by atoms with van der Waals surface area (Å²) in [6, 6.07) is 8.27. The second-order valence-electron chi connectivity index (χ2n) is 4.71. The lowest BCUT2D eigenvalue weighted by molar-refractivity contribution is 0.269. The fraction of sp³-hybridized carbons (Fsp3) is 0.400. The molecule has 5 nitrogen and oxygen atoms in total. The van der Waals surface area contributed by atoms with Crippen LogP contribution < -0.4 is 10.1 Å². The predicted octanol–water partition coefficient (Wildman–Crippen LogP) is 1.73. The smallest absolute Gasteiger partial charge is 0.119 e. The van der Waals surface area contributed by atoms with Crippen molar-refractivity contribution in [2.45, 2.75) is 26.1 Å². The summed E-state index contributed by atoms with van der Waals surface area (Å²) in [5.41, 5.74) is 2.29. The molecule has 0 aliphatic heterocycles. The Balaban J connectivity index is 1.91. The molecule has 0 saturated carbocycles. The maximum atomic E-state index is 8.86. The Morgan fingerprint density at radius 1 is 1.45 bits per heavy atom. The number of hydrogen-bond acceptors (Lipinski definition) is 4. The average Bonchev–Trinajstić information content (AvgIpc) is 2.93.